The Morgan fingerprint density at radius 3 is 2.33 bits per heavy atom. The molecule has 1 fully saturated rings. The molecule has 0 aliphatic heterocycles. The lowest BCUT2D eigenvalue weighted by Gasteiger charge is -2.28. The molecule has 0 aromatic heterocycles. The van der Waals surface area contributed by atoms with Gasteiger partial charge in [0.05, 0.1) is 7.11 Å². The van der Waals surface area contributed by atoms with Gasteiger partial charge in [-0.05, 0) is 61.8 Å². The third-order valence-corrected chi connectivity index (χ3v) is 4.44. The average molecular weight is 247 g/mol. The van der Waals surface area contributed by atoms with Gasteiger partial charge in [0, 0.05) is 0 Å². The minimum atomic E-state index is 0.536. The maximum absolute atomic E-state index is 5.78. The lowest BCUT2D eigenvalue weighted by atomic mass is 9.78. The number of ether oxygens (including phenoxy) is 1. The Balaban J connectivity index is 1.92. The van der Waals surface area contributed by atoms with Crippen LogP contribution in [0.1, 0.15) is 44.1 Å². The van der Waals surface area contributed by atoms with Gasteiger partial charge < -0.3 is 10.5 Å². The van der Waals surface area contributed by atoms with Gasteiger partial charge in [0.2, 0.25) is 0 Å². The molecular formula is C16H25NO. The van der Waals surface area contributed by atoms with Crippen molar-refractivity contribution in [2.45, 2.75) is 44.9 Å². The molecule has 0 heterocycles. The van der Waals surface area contributed by atoms with E-state index in [1.54, 1.807) is 7.11 Å². The summed E-state index contributed by atoms with van der Waals surface area (Å²) in [6.07, 6.45) is 9.19. The van der Waals surface area contributed by atoms with Crippen molar-refractivity contribution in [2.75, 3.05) is 13.7 Å². The molecule has 2 N–H and O–H groups in total. The topological polar surface area (TPSA) is 35.2 Å². The van der Waals surface area contributed by atoms with E-state index in [4.69, 9.17) is 10.5 Å². The highest BCUT2D eigenvalue weighted by atomic mass is 16.5. The largest absolute Gasteiger partial charge is 0.497 e. The van der Waals surface area contributed by atoms with E-state index in [-0.39, 0.29) is 0 Å². The van der Waals surface area contributed by atoms with Crippen molar-refractivity contribution >= 4 is 0 Å². The van der Waals surface area contributed by atoms with E-state index >= 15 is 0 Å². The molecule has 2 nitrogen and oxygen atoms in total. The average Bonchev–Trinajstić information content (AvgIpc) is 2.87. The van der Waals surface area contributed by atoms with Crippen molar-refractivity contribution in [1.82, 2.24) is 0 Å². The molecule has 0 bridgehead atoms. The van der Waals surface area contributed by atoms with E-state index in [0.717, 1.165) is 12.3 Å². The van der Waals surface area contributed by atoms with Gasteiger partial charge in [0.25, 0.3) is 0 Å². The lowest BCUT2D eigenvalue weighted by molar-refractivity contribution is 0.253. The van der Waals surface area contributed by atoms with E-state index in [1.165, 1.54) is 50.5 Å². The summed E-state index contributed by atoms with van der Waals surface area (Å²) < 4.78 is 5.19. The molecular weight excluding hydrogens is 222 g/mol. The Kier molecular flexibility index (Phi) is 4.65. The van der Waals surface area contributed by atoms with Crippen LogP contribution in [-0.2, 0) is 6.42 Å². The zero-order chi connectivity index (χ0) is 12.8. The quantitative estimate of drug-likeness (QED) is 0.834. The van der Waals surface area contributed by atoms with Crippen LogP contribution in [0.3, 0.4) is 0 Å². The van der Waals surface area contributed by atoms with Crippen molar-refractivity contribution in [3.8, 4) is 5.75 Å². The van der Waals surface area contributed by atoms with Crippen LogP contribution in [0.25, 0.3) is 0 Å². The smallest absolute Gasteiger partial charge is 0.118 e. The van der Waals surface area contributed by atoms with E-state index < -0.39 is 0 Å². The van der Waals surface area contributed by atoms with Crippen molar-refractivity contribution in [3.05, 3.63) is 29.8 Å². The Bertz CT molecular complexity index is 352. The molecule has 0 amide bonds. The molecule has 0 radical (unpaired) electrons. The first-order valence-corrected chi connectivity index (χ1v) is 7.11. The van der Waals surface area contributed by atoms with Gasteiger partial charge in [-0.1, -0.05) is 25.0 Å². The van der Waals surface area contributed by atoms with Gasteiger partial charge in [0.1, 0.15) is 5.75 Å². The molecule has 2 heteroatoms. The third kappa shape index (κ3) is 3.26. The highest BCUT2D eigenvalue weighted by molar-refractivity contribution is 5.27. The maximum Gasteiger partial charge on any atom is 0.118 e. The highest BCUT2D eigenvalue weighted by Crippen LogP contribution is 2.44. The molecule has 1 aromatic rings. The number of aryl methyl sites for hydroxylation is 1. The summed E-state index contributed by atoms with van der Waals surface area (Å²) in [5, 5.41) is 0. The zero-order valence-electron chi connectivity index (χ0n) is 11.5. The van der Waals surface area contributed by atoms with Gasteiger partial charge in [-0.2, -0.15) is 0 Å². The summed E-state index contributed by atoms with van der Waals surface area (Å²) in [5.74, 6) is 0.941. The first kappa shape index (κ1) is 13.4. The van der Waals surface area contributed by atoms with Crippen LogP contribution in [0.15, 0.2) is 24.3 Å². The molecule has 1 aliphatic carbocycles. The van der Waals surface area contributed by atoms with Gasteiger partial charge in [-0.15, -0.1) is 0 Å². The van der Waals surface area contributed by atoms with Gasteiger partial charge in [-0.25, -0.2) is 0 Å². The normalized spacial score (nSPS) is 17.9. The monoisotopic (exact) mass is 247 g/mol. The molecule has 1 aromatic carbocycles. The molecule has 0 spiro atoms. The highest BCUT2D eigenvalue weighted by Gasteiger charge is 2.32. The Morgan fingerprint density at radius 1 is 1.11 bits per heavy atom. The molecule has 0 atom stereocenters. The molecule has 0 saturated heterocycles. The zero-order valence-corrected chi connectivity index (χ0v) is 11.5. The summed E-state index contributed by atoms with van der Waals surface area (Å²) in [4.78, 5) is 0. The van der Waals surface area contributed by atoms with Crippen molar-refractivity contribution in [3.63, 3.8) is 0 Å². The number of hydrogen-bond donors (Lipinski definition) is 1. The van der Waals surface area contributed by atoms with E-state index in [9.17, 15) is 0 Å². The van der Waals surface area contributed by atoms with E-state index in [2.05, 4.69) is 24.3 Å². The second-order valence-corrected chi connectivity index (χ2v) is 5.59. The maximum atomic E-state index is 5.78. The SMILES string of the molecule is COc1ccc(CCC2(CCN)CCCC2)cc1. The van der Waals surface area contributed by atoms with Gasteiger partial charge in [-0.3, -0.25) is 0 Å². The number of rotatable bonds is 6. The lowest BCUT2D eigenvalue weighted by Crippen LogP contribution is -2.21. The van der Waals surface area contributed by atoms with E-state index in [0.29, 0.717) is 5.41 Å². The fourth-order valence-electron chi connectivity index (χ4n) is 3.26. The Morgan fingerprint density at radius 2 is 1.78 bits per heavy atom. The Labute approximate surface area is 111 Å². The van der Waals surface area contributed by atoms with Crippen LogP contribution in [0.4, 0.5) is 0 Å². The molecule has 1 aliphatic rings. The second kappa shape index (κ2) is 6.24. The minimum absolute atomic E-state index is 0.536. The molecule has 0 unspecified atom stereocenters. The van der Waals surface area contributed by atoms with Gasteiger partial charge >= 0.3 is 0 Å². The number of methoxy groups -OCH3 is 1. The summed E-state index contributed by atoms with van der Waals surface area (Å²) in [6, 6.07) is 8.48. The molecule has 2 rings (SSSR count). The fraction of sp³-hybridized carbons (Fsp3) is 0.625. The number of hydrogen-bond acceptors (Lipinski definition) is 2. The molecule has 100 valence electrons. The molecule has 18 heavy (non-hydrogen) atoms. The van der Waals surface area contributed by atoms with Crippen LogP contribution < -0.4 is 10.5 Å². The number of benzene rings is 1. The van der Waals surface area contributed by atoms with Crippen molar-refractivity contribution in [1.29, 1.82) is 0 Å². The summed E-state index contributed by atoms with van der Waals surface area (Å²) in [5.41, 5.74) is 7.74. The second-order valence-electron chi connectivity index (χ2n) is 5.59. The summed E-state index contributed by atoms with van der Waals surface area (Å²) >= 11 is 0. The van der Waals surface area contributed by atoms with E-state index in [1.807, 2.05) is 0 Å². The summed E-state index contributed by atoms with van der Waals surface area (Å²) in [7, 11) is 1.71. The van der Waals surface area contributed by atoms with Crippen molar-refractivity contribution in [2.24, 2.45) is 11.1 Å². The molecule has 1 saturated carbocycles. The standard InChI is InChI=1S/C16H25NO/c1-18-15-6-4-14(5-7-15)8-11-16(12-13-17)9-2-3-10-16/h4-7H,2-3,8-13,17H2,1H3. The fourth-order valence-corrected chi connectivity index (χ4v) is 3.26. The summed E-state index contributed by atoms with van der Waals surface area (Å²) in [6.45, 7) is 0.836. The van der Waals surface area contributed by atoms with Crippen LogP contribution in [0.2, 0.25) is 0 Å². The first-order chi connectivity index (χ1) is 8.78. The third-order valence-electron chi connectivity index (χ3n) is 4.44. The number of nitrogens with two attached hydrogens (primary N) is 1. The van der Waals surface area contributed by atoms with Crippen molar-refractivity contribution < 1.29 is 4.74 Å². The predicted molar refractivity (Wildman–Crippen MR) is 75.9 cm³/mol. The predicted octanol–water partition coefficient (Wildman–Crippen LogP) is 3.54. The minimum Gasteiger partial charge on any atom is -0.497 e. The van der Waals surface area contributed by atoms with Crippen LogP contribution >= 0.6 is 0 Å². The van der Waals surface area contributed by atoms with Gasteiger partial charge in [0.15, 0.2) is 0 Å². The van der Waals surface area contributed by atoms with Crippen LogP contribution in [0.5, 0.6) is 5.75 Å². The Hall–Kier alpha value is -1.02. The van der Waals surface area contributed by atoms with Crippen LogP contribution in [-0.4, -0.2) is 13.7 Å². The van der Waals surface area contributed by atoms with Crippen LogP contribution in [0, 0.1) is 5.41 Å². The first-order valence-electron chi connectivity index (χ1n) is 7.11.